The Kier molecular flexibility index (Phi) is 3.16. The molecule has 0 aliphatic carbocycles. The highest BCUT2D eigenvalue weighted by atomic mass is 16.2. The maximum absolute atomic E-state index is 10.3. The van der Waals surface area contributed by atoms with Gasteiger partial charge in [-0.15, -0.1) is 0 Å². The van der Waals surface area contributed by atoms with E-state index in [4.69, 9.17) is 5.73 Å². The van der Waals surface area contributed by atoms with Crippen LogP contribution in [0.3, 0.4) is 0 Å². The van der Waals surface area contributed by atoms with Gasteiger partial charge in [0.15, 0.2) is 0 Å². The van der Waals surface area contributed by atoms with E-state index in [-0.39, 0.29) is 0 Å². The van der Waals surface area contributed by atoms with Crippen molar-refractivity contribution in [3.63, 3.8) is 0 Å². The van der Waals surface area contributed by atoms with Crippen LogP contribution in [0.15, 0.2) is 0 Å². The molecule has 1 aliphatic rings. The van der Waals surface area contributed by atoms with E-state index in [2.05, 4.69) is 10.2 Å². The Morgan fingerprint density at radius 1 is 1.36 bits per heavy atom. The third kappa shape index (κ3) is 3.23. The maximum Gasteiger partial charge on any atom is 0.313 e. The second-order valence-electron chi connectivity index (χ2n) is 2.88. The highest BCUT2D eigenvalue weighted by Crippen LogP contribution is 2.06. The average molecular weight is 157 g/mol. The number of primary amides is 1. The van der Waals surface area contributed by atoms with Crippen LogP contribution in [0.4, 0.5) is 4.79 Å². The second-order valence-corrected chi connectivity index (χ2v) is 2.88. The van der Waals surface area contributed by atoms with Gasteiger partial charge in [0.05, 0.1) is 6.67 Å². The number of nitrogens with two attached hydrogens (primary N) is 1. The normalized spacial score (nSPS) is 19.6. The number of likely N-dealkylation sites (tertiary alicyclic amines) is 1. The van der Waals surface area contributed by atoms with E-state index in [9.17, 15) is 4.79 Å². The average Bonchev–Trinajstić information content (AvgIpc) is 2.03. The van der Waals surface area contributed by atoms with Gasteiger partial charge in [0.1, 0.15) is 0 Å². The maximum atomic E-state index is 10.3. The van der Waals surface area contributed by atoms with E-state index in [1.54, 1.807) is 0 Å². The van der Waals surface area contributed by atoms with Crippen LogP contribution >= 0.6 is 0 Å². The number of hydrogen-bond acceptors (Lipinski definition) is 2. The van der Waals surface area contributed by atoms with Crippen LogP contribution in [-0.4, -0.2) is 30.7 Å². The van der Waals surface area contributed by atoms with E-state index >= 15 is 0 Å². The summed E-state index contributed by atoms with van der Waals surface area (Å²) in [5.41, 5.74) is 4.93. The molecule has 1 saturated heterocycles. The molecule has 0 radical (unpaired) electrons. The molecule has 0 aromatic heterocycles. The first-order valence-corrected chi connectivity index (χ1v) is 4.05. The lowest BCUT2D eigenvalue weighted by Crippen LogP contribution is -2.42. The van der Waals surface area contributed by atoms with Crippen LogP contribution in [-0.2, 0) is 0 Å². The monoisotopic (exact) mass is 157 g/mol. The van der Waals surface area contributed by atoms with Gasteiger partial charge in [-0.25, -0.2) is 4.79 Å². The topological polar surface area (TPSA) is 58.4 Å². The Balaban J connectivity index is 2.09. The molecule has 0 spiro atoms. The van der Waals surface area contributed by atoms with Crippen molar-refractivity contribution in [1.29, 1.82) is 0 Å². The molecule has 1 aliphatic heterocycles. The zero-order valence-corrected chi connectivity index (χ0v) is 6.68. The molecular weight excluding hydrogens is 142 g/mol. The fourth-order valence-electron chi connectivity index (χ4n) is 1.31. The molecule has 1 heterocycles. The van der Waals surface area contributed by atoms with Crippen molar-refractivity contribution in [3.8, 4) is 0 Å². The van der Waals surface area contributed by atoms with Gasteiger partial charge < -0.3 is 11.1 Å². The Bertz CT molecular complexity index is 132. The minimum Gasteiger partial charge on any atom is -0.352 e. The third-order valence-electron chi connectivity index (χ3n) is 1.93. The van der Waals surface area contributed by atoms with Gasteiger partial charge in [-0.2, -0.15) is 0 Å². The number of hydrogen-bond donors (Lipinski definition) is 2. The summed E-state index contributed by atoms with van der Waals surface area (Å²) in [5.74, 6) is 0. The van der Waals surface area contributed by atoms with Crippen molar-refractivity contribution >= 4 is 6.03 Å². The summed E-state index contributed by atoms with van der Waals surface area (Å²) < 4.78 is 0. The molecule has 0 aromatic rings. The van der Waals surface area contributed by atoms with Crippen molar-refractivity contribution in [2.45, 2.75) is 19.3 Å². The molecule has 0 saturated carbocycles. The molecule has 1 rings (SSSR count). The second kappa shape index (κ2) is 4.18. The lowest BCUT2D eigenvalue weighted by Gasteiger charge is -2.25. The van der Waals surface area contributed by atoms with Gasteiger partial charge in [-0.05, 0) is 25.9 Å². The Hall–Kier alpha value is -0.770. The number of carbonyl (C=O) groups is 1. The predicted molar refractivity (Wildman–Crippen MR) is 43.0 cm³/mol. The Morgan fingerprint density at radius 3 is 2.55 bits per heavy atom. The lowest BCUT2D eigenvalue weighted by atomic mass is 10.1. The first kappa shape index (κ1) is 8.33. The Labute approximate surface area is 66.7 Å². The lowest BCUT2D eigenvalue weighted by molar-refractivity contribution is 0.205. The number of piperidine rings is 1. The predicted octanol–water partition coefficient (Wildman–Crippen LogP) is 0.0981. The molecule has 4 heteroatoms. The summed E-state index contributed by atoms with van der Waals surface area (Å²) in [6, 6.07) is -0.435. The van der Waals surface area contributed by atoms with Crippen LogP contribution in [0.25, 0.3) is 0 Å². The van der Waals surface area contributed by atoms with Gasteiger partial charge >= 0.3 is 6.03 Å². The molecule has 2 amide bonds. The molecule has 0 atom stereocenters. The zero-order valence-electron chi connectivity index (χ0n) is 6.68. The quantitative estimate of drug-likeness (QED) is 0.597. The summed E-state index contributed by atoms with van der Waals surface area (Å²) >= 11 is 0. The molecule has 4 nitrogen and oxygen atoms in total. The van der Waals surface area contributed by atoms with E-state index in [1.165, 1.54) is 19.3 Å². The van der Waals surface area contributed by atoms with Gasteiger partial charge in [0, 0.05) is 0 Å². The van der Waals surface area contributed by atoms with Crippen LogP contribution < -0.4 is 11.1 Å². The van der Waals surface area contributed by atoms with Crippen LogP contribution in [0.2, 0.25) is 0 Å². The number of nitrogens with one attached hydrogen (secondary N) is 1. The van der Waals surface area contributed by atoms with Crippen molar-refractivity contribution in [1.82, 2.24) is 10.2 Å². The first-order chi connectivity index (χ1) is 5.29. The van der Waals surface area contributed by atoms with E-state index < -0.39 is 6.03 Å². The summed E-state index contributed by atoms with van der Waals surface area (Å²) in [7, 11) is 0. The van der Waals surface area contributed by atoms with Gasteiger partial charge in [-0.3, -0.25) is 4.90 Å². The molecule has 0 bridgehead atoms. The van der Waals surface area contributed by atoms with E-state index in [0.29, 0.717) is 6.67 Å². The minimum atomic E-state index is -0.435. The fraction of sp³-hybridized carbons (Fsp3) is 0.857. The van der Waals surface area contributed by atoms with Crippen LogP contribution in [0.1, 0.15) is 19.3 Å². The Morgan fingerprint density at radius 2 is 2.00 bits per heavy atom. The van der Waals surface area contributed by atoms with E-state index in [1.807, 2.05) is 0 Å². The smallest absolute Gasteiger partial charge is 0.313 e. The zero-order chi connectivity index (χ0) is 8.10. The number of amides is 2. The summed E-state index contributed by atoms with van der Waals surface area (Å²) in [5, 5.41) is 2.58. The molecule has 1 fully saturated rings. The van der Waals surface area contributed by atoms with Crippen LogP contribution in [0, 0.1) is 0 Å². The largest absolute Gasteiger partial charge is 0.352 e. The minimum absolute atomic E-state index is 0.435. The SMILES string of the molecule is NC(=O)NCN1CCCCC1. The number of urea groups is 1. The summed E-state index contributed by atoms with van der Waals surface area (Å²) in [4.78, 5) is 12.5. The molecule has 11 heavy (non-hydrogen) atoms. The van der Waals surface area contributed by atoms with Gasteiger partial charge in [0.25, 0.3) is 0 Å². The molecule has 64 valence electrons. The number of nitrogens with zero attached hydrogens (tertiary/aromatic N) is 1. The standard InChI is InChI=1S/C7H15N3O/c8-7(11)9-6-10-4-2-1-3-5-10/h1-6H2,(H3,8,9,11). The van der Waals surface area contributed by atoms with Crippen LogP contribution in [0.5, 0.6) is 0 Å². The number of carbonyl (C=O) groups excluding carboxylic acids is 1. The molecule has 3 N–H and O–H groups in total. The van der Waals surface area contributed by atoms with Crippen molar-refractivity contribution in [2.24, 2.45) is 5.73 Å². The van der Waals surface area contributed by atoms with Crippen molar-refractivity contribution in [2.75, 3.05) is 19.8 Å². The third-order valence-corrected chi connectivity index (χ3v) is 1.93. The van der Waals surface area contributed by atoms with Gasteiger partial charge in [0.2, 0.25) is 0 Å². The highest BCUT2D eigenvalue weighted by molar-refractivity contribution is 5.71. The van der Waals surface area contributed by atoms with E-state index in [0.717, 1.165) is 13.1 Å². The summed E-state index contributed by atoms with van der Waals surface area (Å²) in [6.45, 7) is 2.77. The highest BCUT2D eigenvalue weighted by Gasteiger charge is 2.08. The van der Waals surface area contributed by atoms with Crippen molar-refractivity contribution < 1.29 is 4.79 Å². The molecule has 0 aromatic carbocycles. The fourth-order valence-corrected chi connectivity index (χ4v) is 1.31. The molecular formula is C7H15N3O. The van der Waals surface area contributed by atoms with Crippen molar-refractivity contribution in [3.05, 3.63) is 0 Å². The number of rotatable bonds is 2. The molecule has 0 unspecified atom stereocenters. The van der Waals surface area contributed by atoms with Gasteiger partial charge in [-0.1, -0.05) is 6.42 Å². The first-order valence-electron chi connectivity index (χ1n) is 4.05. The summed E-state index contributed by atoms with van der Waals surface area (Å²) in [6.07, 6.45) is 3.79.